The van der Waals surface area contributed by atoms with Gasteiger partial charge in [0.1, 0.15) is 73.2 Å². The van der Waals surface area contributed by atoms with Gasteiger partial charge < -0.3 is 89.9 Å². The molecule has 3 rings (SSSR count). The summed E-state index contributed by atoms with van der Waals surface area (Å²) in [5.41, 5.74) is 0. The van der Waals surface area contributed by atoms with Crippen molar-refractivity contribution in [3.05, 3.63) is 36.5 Å². The van der Waals surface area contributed by atoms with E-state index in [1.54, 1.807) is 6.08 Å². The van der Waals surface area contributed by atoms with Gasteiger partial charge in [0.25, 0.3) is 0 Å². The molecule has 3 fully saturated rings. The van der Waals surface area contributed by atoms with Crippen LogP contribution in [0.2, 0.25) is 0 Å². The first-order valence-corrected chi connectivity index (χ1v) is 32.7. The molecule has 17 atom stereocenters. The lowest BCUT2D eigenvalue weighted by Gasteiger charge is -2.48. The van der Waals surface area contributed by atoms with Gasteiger partial charge in [-0.15, -0.1) is 0 Å². The molecule has 3 aliphatic heterocycles. The third-order valence-electron chi connectivity index (χ3n) is 16.4. The van der Waals surface area contributed by atoms with E-state index in [1.807, 2.05) is 6.08 Å². The number of aliphatic hydroxyl groups is 11. The molecule has 17 unspecified atom stereocenters. The average Bonchev–Trinajstić information content (AvgIpc) is 3.64. The Morgan fingerprint density at radius 3 is 1.20 bits per heavy atom. The minimum Gasteiger partial charge on any atom is -0.394 e. The summed E-state index contributed by atoms with van der Waals surface area (Å²) < 4.78 is 34.2. The van der Waals surface area contributed by atoms with Crippen molar-refractivity contribution in [2.24, 2.45) is 0 Å². The first kappa shape index (κ1) is 75.3. The van der Waals surface area contributed by atoms with Gasteiger partial charge in [0.05, 0.1) is 38.6 Å². The van der Waals surface area contributed by atoms with E-state index >= 15 is 0 Å². The zero-order valence-electron chi connectivity index (χ0n) is 50.9. The molecule has 0 saturated carbocycles. The largest absolute Gasteiger partial charge is 0.394 e. The molecule has 0 aromatic carbocycles. The number of allylic oxidation sites excluding steroid dienone is 5. The molecule has 19 nitrogen and oxygen atoms in total. The molecule has 19 heteroatoms. The Morgan fingerprint density at radius 1 is 0.422 bits per heavy atom. The summed E-state index contributed by atoms with van der Waals surface area (Å²) in [6.07, 6.45) is 25.8. The van der Waals surface area contributed by atoms with Crippen LogP contribution in [0.1, 0.15) is 232 Å². The second-order valence-corrected chi connectivity index (χ2v) is 23.6. The Bertz CT molecular complexity index is 1660. The second kappa shape index (κ2) is 47.1. The van der Waals surface area contributed by atoms with Gasteiger partial charge in [0.15, 0.2) is 18.9 Å². The second-order valence-electron chi connectivity index (χ2n) is 23.6. The molecule has 0 radical (unpaired) electrons. The number of carbonyl (C=O) groups excluding carboxylic acids is 1. The normalized spacial score (nSPS) is 29.6. The fraction of sp³-hybridized carbons (Fsp3) is 0.891. The predicted octanol–water partition coefficient (Wildman–Crippen LogP) is 7.27. The monoisotopic (exact) mass is 1190 g/mol. The molecule has 3 aliphatic rings. The number of amides is 1. The zero-order chi connectivity index (χ0) is 60.5. The molecule has 0 aromatic rings. The molecule has 0 bridgehead atoms. The molecule has 486 valence electrons. The Labute approximate surface area is 498 Å². The molecule has 3 saturated heterocycles. The Balaban J connectivity index is 1.40. The molecule has 0 spiro atoms. The Hall–Kier alpha value is -1.99. The third-order valence-corrected chi connectivity index (χ3v) is 16.4. The van der Waals surface area contributed by atoms with E-state index in [-0.39, 0.29) is 18.9 Å². The van der Waals surface area contributed by atoms with Crippen molar-refractivity contribution >= 4 is 5.91 Å². The van der Waals surface area contributed by atoms with Crippen LogP contribution in [-0.2, 0) is 33.2 Å². The minimum absolute atomic E-state index is 0.237. The summed E-state index contributed by atoms with van der Waals surface area (Å²) in [6, 6.07) is -0.987. The average molecular weight is 1190 g/mol. The summed E-state index contributed by atoms with van der Waals surface area (Å²) >= 11 is 0. The van der Waals surface area contributed by atoms with Crippen LogP contribution in [0.15, 0.2) is 36.5 Å². The summed E-state index contributed by atoms with van der Waals surface area (Å²) in [7, 11) is 0. The summed E-state index contributed by atoms with van der Waals surface area (Å²) in [6.45, 7) is 1.68. The molecule has 0 aliphatic carbocycles. The van der Waals surface area contributed by atoms with E-state index in [1.165, 1.54) is 161 Å². The topological polar surface area (TPSA) is 307 Å². The van der Waals surface area contributed by atoms with Gasteiger partial charge in [-0.2, -0.15) is 0 Å². The van der Waals surface area contributed by atoms with E-state index in [0.717, 1.165) is 38.5 Å². The van der Waals surface area contributed by atoms with Crippen LogP contribution < -0.4 is 5.32 Å². The zero-order valence-corrected chi connectivity index (χ0v) is 50.9. The molecule has 12 N–H and O–H groups in total. The van der Waals surface area contributed by atoms with E-state index in [2.05, 4.69) is 43.5 Å². The van der Waals surface area contributed by atoms with Gasteiger partial charge in [0, 0.05) is 6.42 Å². The van der Waals surface area contributed by atoms with Crippen LogP contribution in [0.5, 0.6) is 0 Å². The number of hydrogen-bond acceptors (Lipinski definition) is 18. The summed E-state index contributed by atoms with van der Waals surface area (Å²) in [5.74, 6) is -0.285. The van der Waals surface area contributed by atoms with Gasteiger partial charge in [-0.25, -0.2) is 0 Å². The van der Waals surface area contributed by atoms with E-state index in [4.69, 9.17) is 28.4 Å². The highest BCUT2D eigenvalue weighted by Crippen LogP contribution is 2.33. The number of hydrogen-bond donors (Lipinski definition) is 12. The van der Waals surface area contributed by atoms with Crippen LogP contribution in [0.25, 0.3) is 0 Å². The van der Waals surface area contributed by atoms with Crippen molar-refractivity contribution in [3.63, 3.8) is 0 Å². The van der Waals surface area contributed by atoms with E-state index in [9.17, 15) is 61.0 Å². The van der Waals surface area contributed by atoms with Crippen LogP contribution in [0.4, 0.5) is 0 Å². The Morgan fingerprint density at radius 2 is 0.771 bits per heavy atom. The number of carbonyl (C=O) groups is 1. The van der Waals surface area contributed by atoms with E-state index in [0.29, 0.717) is 12.8 Å². The molecule has 3 heterocycles. The lowest BCUT2D eigenvalue weighted by molar-refractivity contribution is -0.379. The van der Waals surface area contributed by atoms with Gasteiger partial charge in [-0.05, 0) is 57.8 Å². The molecule has 83 heavy (non-hydrogen) atoms. The van der Waals surface area contributed by atoms with Crippen molar-refractivity contribution in [3.8, 4) is 0 Å². The highest BCUT2D eigenvalue weighted by molar-refractivity contribution is 5.76. The highest BCUT2D eigenvalue weighted by atomic mass is 16.8. The maximum atomic E-state index is 13.3. The number of ether oxygens (including phenoxy) is 6. The van der Waals surface area contributed by atoms with Crippen molar-refractivity contribution in [1.29, 1.82) is 0 Å². The van der Waals surface area contributed by atoms with Crippen LogP contribution in [0, 0.1) is 0 Å². The van der Waals surface area contributed by atoms with Crippen LogP contribution in [-0.4, -0.2) is 193 Å². The number of nitrogens with one attached hydrogen (secondary N) is 1. The molecule has 1 amide bonds. The van der Waals surface area contributed by atoms with Gasteiger partial charge >= 0.3 is 0 Å². The first-order valence-electron chi connectivity index (χ1n) is 32.7. The van der Waals surface area contributed by atoms with Crippen molar-refractivity contribution in [2.75, 3.05) is 26.4 Å². The van der Waals surface area contributed by atoms with Crippen molar-refractivity contribution < 1.29 is 89.4 Å². The van der Waals surface area contributed by atoms with Gasteiger partial charge in [0.2, 0.25) is 5.91 Å². The number of aliphatic hydroxyl groups excluding tert-OH is 11. The van der Waals surface area contributed by atoms with Gasteiger partial charge in [-0.1, -0.05) is 204 Å². The SMILES string of the molecule is CCCCCCC/C=C/CC/C=C/C(O)C(COC1OC(CO)C(OC2OC(CO)C(OC3OC(CO)C(O)C(O)C3O)C(O)C2O)C(O)C1O)NC(=O)CCCCCCCCCCCCCCCCC/C=C\CCCCCCCCCC. The highest BCUT2D eigenvalue weighted by Gasteiger charge is 2.53. The maximum Gasteiger partial charge on any atom is 0.220 e. The van der Waals surface area contributed by atoms with Crippen molar-refractivity contribution in [2.45, 2.75) is 336 Å². The standard InChI is InChI=1S/C64H117NO18/c1-3-5-7-9-11-13-15-16-17-18-19-20-21-22-23-24-25-26-27-28-29-30-32-34-36-38-40-42-52(70)65-47(48(69)41-39-37-35-33-31-14-12-10-8-6-4-2)46-78-62-58(76)55(73)60(50(44-67)80-62)83-64-59(77)56(74)61(51(45-68)81-64)82-63-57(75)54(72)53(71)49(43-66)79-63/h18-19,31,33,39,41,47-51,53-64,66-69,71-77H,3-17,20-30,32,34-38,40,42-46H2,1-2H3,(H,65,70)/b19-18-,33-31+,41-39+. The number of unbranched alkanes of at least 4 members (excludes halogenated alkanes) is 29. The summed E-state index contributed by atoms with van der Waals surface area (Å²) in [4.78, 5) is 13.3. The Kier molecular flexibility index (Phi) is 42.7. The predicted molar refractivity (Wildman–Crippen MR) is 319 cm³/mol. The minimum atomic E-state index is -1.98. The fourth-order valence-electron chi connectivity index (χ4n) is 11.0. The van der Waals surface area contributed by atoms with Crippen LogP contribution in [0.3, 0.4) is 0 Å². The maximum absolute atomic E-state index is 13.3. The lowest BCUT2D eigenvalue weighted by Crippen LogP contribution is -2.66. The fourth-order valence-corrected chi connectivity index (χ4v) is 11.0. The quantitative estimate of drug-likeness (QED) is 0.0211. The van der Waals surface area contributed by atoms with Crippen molar-refractivity contribution in [1.82, 2.24) is 5.32 Å². The van der Waals surface area contributed by atoms with Crippen LogP contribution >= 0.6 is 0 Å². The third kappa shape index (κ3) is 30.2. The molecular formula is C64H117NO18. The molecular weight excluding hydrogens is 1070 g/mol. The van der Waals surface area contributed by atoms with E-state index < -0.39 is 124 Å². The smallest absolute Gasteiger partial charge is 0.220 e. The number of rotatable bonds is 49. The first-order chi connectivity index (χ1) is 40.3. The lowest BCUT2D eigenvalue weighted by atomic mass is 9.96. The van der Waals surface area contributed by atoms with Gasteiger partial charge in [-0.3, -0.25) is 4.79 Å². The summed E-state index contributed by atoms with van der Waals surface area (Å²) in [5, 5.41) is 120. The molecule has 0 aromatic heterocycles.